The lowest BCUT2D eigenvalue weighted by atomic mass is 9.62. The minimum Gasteiger partial charge on any atom is -0.459 e. The quantitative estimate of drug-likeness (QED) is 0.463. The van der Waals surface area contributed by atoms with Crippen LogP contribution in [-0.4, -0.2) is 23.7 Å². The van der Waals surface area contributed by atoms with Gasteiger partial charge in [0, 0.05) is 22.0 Å². The van der Waals surface area contributed by atoms with Crippen LogP contribution >= 0.6 is 23.2 Å². The molecule has 2 aromatic carbocycles. The van der Waals surface area contributed by atoms with E-state index in [0.717, 1.165) is 24.0 Å². The molecule has 0 radical (unpaired) electrons. The maximum Gasteiger partial charge on any atom is 0.324 e. The molecule has 1 N–H and O–H groups in total. The lowest BCUT2D eigenvalue weighted by Crippen LogP contribution is -2.47. The number of carbonyl (C=O) groups is 1. The first-order valence-electron chi connectivity index (χ1n) is 11.5. The first-order valence-corrected chi connectivity index (χ1v) is 12.2. The topological polar surface area (TPSA) is 62.1 Å². The van der Waals surface area contributed by atoms with Crippen molar-refractivity contribution in [2.45, 2.75) is 76.5 Å². The van der Waals surface area contributed by atoms with Gasteiger partial charge in [-0.3, -0.25) is 10.1 Å². The van der Waals surface area contributed by atoms with Crippen molar-refractivity contribution in [1.29, 1.82) is 5.26 Å². The van der Waals surface area contributed by atoms with E-state index in [4.69, 9.17) is 27.9 Å². The molecule has 33 heavy (non-hydrogen) atoms. The summed E-state index contributed by atoms with van der Waals surface area (Å²) >= 11 is 12.6. The van der Waals surface area contributed by atoms with E-state index >= 15 is 0 Å². The van der Waals surface area contributed by atoms with Crippen LogP contribution in [-0.2, 0) is 14.9 Å². The van der Waals surface area contributed by atoms with Crippen LogP contribution < -0.4 is 5.32 Å². The van der Waals surface area contributed by atoms with Gasteiger partial charge >= 0.3 is 5.97 Å². The van der Waals surface area contributed by atoms with Gasteiger partial charge in [0.15, 0.2) is 0 Å². The Kier molecular flexibility index (Phi) is 7.79. The molecule has 1 aliphatic rings. The normalized spacial score (nSPS) is 25.1. The molecule has 1 unspecified atom stereocenters. The van der Waals surface area contributed by atoms with Crippen LogP contribution in [0, 0.1) is 17.2 Å². The highest BCUT2D eigenvalue weighted by molar-refractivity contribution is 6.30. The van der Waals surface area contributed by atoms with Crippen molar-refractivity contribution >= 4 is 29.2 Å². The van der Waals surface area contributed by atoms with E-state index in [2.05, 4.69) is 25.2 Å². The summed E-state index contributed by atoms with van der Waals surface area (Å²) in [6.07, 6.45) is 1.74. The molecule has 0 amide bonds. The molecule has 0 bridgehead atoms. The Hall–Kier alpha value is -2.06. The van der Waals surface area contributed by atoms with Gasteiger partial charge in [0.2, 0.25) is 0 Å². The highest BCUT2D eigenvalue weighted by Gasteiger charge is 2.61. The molecule has 0 saturated carbocycles. The third-order valence-electron chi connectivity index (χ3n) is 6.57. The van der Waals surface area contributed by atoms with Crippen molar-refractivity contribution in [1.82, 2.24) is 5.32 Å². The van der Waals surface area contributed by atoms with Crippen LogP contribution in [0.2, 0.25) is 10.0 Å². The van der Waals surface area contributed by atoms with Crippen LogP contribution in [0.25, 0.3) is 0 Å². The number of nitriles is 1. The van der Waals surface area contributed by atoms with Gasteiger partial charge in [0.05, 0.1) is 6.07 Å². The summed E-state index contributed by atoms with van der Waals surface area (Å²) in [5.74, 6) is -0.688. The monoisotopic (exact) mass is 486 g/mol. The maximum atomic E-state index is 13.5. The highest BCUT2D eigenvalue weighted by atomic mass is 35.5. The standard InChI is InChI=1S/C27H32Cl2N2O2/c1-6-17(7-2)24-27(16-30,19-11-13-20(28)14-12-19)22(18-9-8-10-21(29)15-18)23(31-24)25(32)33-26(3,4)5/h8-15,17,22-24,31H,6-7H2,1-5H3/t22-,23?,24-,27+/m0/s1. The van der Waals surface area contributed by atoms with Crippen LogP contribution in [0.5, 0.6) is 0 Å². The molecule has 0 aliphatic carbocycles. The van der Waals surface area contributed by atoms with Crippen molar-refractivity contribution in [3.63, 3.8) is 0 Å². The summed E-state index contributed by atoms with van der Waals surface area (Å²) in [6, 6.07) is 16.5. The summed E-state index contributed by atoms with van der Waals surface area (Å²) in [4.78, 5) is 13.5. The summed E-state index contributed by atoms with van der Waals surface area (Å²) in [5, 5.41) is 15.6. The number of hydrogen-bond acceptors (Lipinski definition) is 4. The number of rotatable bonds is 6. The number of benzene rings is 2. The second kappa shape index (κ2) is 10.1. The SMILES string of the molecule is CCC(CC)[C@@H]1NC(C(=O)OC(C)(C)C)[C@H](c2cccc(Cl)c2)[C@@]1(C#N)c1ccc(Cl)cc1. The van der Waals surface area contributed by atoms with Gasteiger partial charge in [0.25, 0.3) is 0 Å². The Balaban J connectivity index is 2.29. The fourth-order valence-corrected chi connectivity index (χ4v) is 5.48. The third-order valence-corrected chi connectivity index (χ3v) is 7.06. The van der Waals surface area contributed by atoms with Crippen LogP contribution in [0.3, 0.4) is 0 Å². The maximum absolute atomic E-state index is 13.5. The first-order chi connectivity index (χ1) is 15.6. The lowest BCUT2D eigenvalue weighted by Gasteiger charge is -2.38. The average molecular weight is 487 g/mol. The molecule has 4 nitrogen and oxygen atoms in total. The van der Waals surface area contributed by atoms with Gasteiger partial charge in [0.1, 0.15) is 17.1 Å². The summed E-state index contributed by atoms with van der Waals surface area (Å²) in [6.45, 7) is 9.79. The number of ether oxygens (including phenoxy) is 1. The summed E-state index contributed by atoms with van der Waals surface area (Å²) in [7, 11) is 0. The fourth-order valence-electron chi connectivity index (χ4n) is 5.16. The molecule has 1 heterocycles. The zero-order chi connectivity index (χ0) is 24.4. The smallest absolute Gasteiger partial charge is 0.324 e. The Morgan fingerprint density at radius 1 is 1.12 bits per heavy atom. The number of hydrogen-bond donors (Lipinski definition) is 1. The number of halogens is 2. The van der Waals surface area contributed by atoms with Crippen LogP contribution in [0.4, 0.5) is 0 Å². The third kappa shape index (κ3) is 5.06. The second-order valence-electron chi connectivity index (χ2n) is 9.75. The summed E-state index contributed by atoms with van der Waals surface area (Å²) < 4.78 is 5.83. The lowest BCUT2D eigenvalue weighted by molar-refractivity contribution is -0.157. The molecule has 3 rings (SSSR count). The minimum atomic E-state index is -1.02. The zero-order valence-electron chi connectivity index (χ0n) is 19.9. The van der Waals surface area contributed by atoms with E-state index in [1.54, 1.807) is 18.2 Å². The van der Waals surface area contributed by atoms with Gasteiger partial charge in [-0.2, -0.15) is 5.26 Å². The molecular weight excluding hydrogens is 455 g/mol. The molecule has 6 heteroatoms. The van der Waals surface area contributed by atoms with Crippen molar-refractivity contribution in [2.24, 2.45) is 5.92 Å². The largest absolute Gasteiger partial charge is 0.459 e. The van der Waals surface area contributed by atoms with E-state index in [9.17, 15) is 10.1 Å². The Morgan fingerprint density at radius 2 is 1.76 bits per heavy atom. The fraction of sp³-hybridized carbons (Fsp3) is 0.481. The number of nitrogens with zero attached hydrogens (tertiary/aromatic N) is 1. The van der Waals surface area contributed by atoms with Crippen LogP contribution in [0.15, 0.2) is 48.5 Å². The molecule has 1 saturated heterocycles. The molecule has 1 fully saturated rings. The van der Waals surface area contributed by atoms with Gasteiger partial charge in [-0.05, 0) is 62.1 Å². The van der Waals surface area contributed by atoms with Crippen molar-refractivity contribution < 1.29 is 9.53 Å². The van der Waals surface area contributed by atoms with Gasteiger partial charge < -0.3 is 4.74 Å². The molecule has 0 aromatic heterocycles. The van der Waals surface area contributed by atoms with Gasteiger partial charge in [-0.1, -0.05) is 74.2 Å². The Bertz CT molecular complexity index is 1020. The number of esters is 1. The Morgan fingerprint density at radius 3 is 2.27 bits per heavy atom. The molecule has 176 valence electrons. The number of carbonyl (C=O) groups excluding carboxylic acids is 1. The Labute approximate surface area is 207 Å². The molecule has 0 spiro atoms. The van der Waals surface area contributed by atoms with Crippen LogP contribution in [0.1, 0.15) is 64.5 Å². The van der Waals surface area contributed by atoms with Gasteiger partial charge in [-0.25, -0.2) is 0 Å². The van der Waals surface area contributed by atoms with Crippen molar-refractivity contribution in [2.75, 3.05) is 0 Å². The van der Waals surface area contributed by atoms with E-state index in [-0.39, 0.29) is 17.9 Å². The average Bonchev–Trinajstić information content (AvgIpc) is 3.10. The molecule has 1 aliphatic heterocycles. The van der Waals surface area contributed by atoms with Crippen molar-refractivity contribution in [3.8, 4) is 6.07 Å². The first kappa shape index (κ1) is 25.6. The van der Waals surface area contributed by atoms with E-state index in [1.807, 2.05) is 51.1 Å². The van der Waals surface area contributed by atoms with E-state index in [0.29, 0.717) is 10.0 Å². The molecule has 4 atom stereocenters. The predicted octanol–water partition coefficient (Wildman–Crippen LogP) is 6.66. The van der Waals surface area contributed by atoms with E-state index in [1.165, 1.54) is 0 Å². The zero-order valence-corrected chi connectivity index (χ0v) is 21.4. The van der Waals surface area contributed by atoms with Gasteiger partial charge in [-0.15, -0.1) is 0 Å². The predicted molar refractivity (Wildman–Crippen MR) is 134 cm³/mol. The summed E-state index contributed by atoms with van der Waals surface area (Å²) in [5.41, 5.74) is -0.0149. The molecular formula is C27H32Cl2N2O2. The van der Waals surface area contributed by atoms with Crippen molar-refractivity contribution in [3.05, 3.63) is 69.7 Å². The minimum absolute atomic E-state index is 0.175. The highest BCUT2D eigenvalue weighted by Crippen LogP contribution is 2.52. The van der Waals surface area contributed by atoms with E-state index < -0.39 is 23.0 Å². The molecule has 2 aromatic rings. The number of nitrogens with one attached hydrogen (secondary N) is 1. The second-order valence-corrected chi connectivity index (χ2v) is 10.6.